The summed E-state index contributed by atoms with van der Waals surface area (Å²) in [6, 6.07) is 14.1. The lowest BCUT2D eigenvalue weighted by Crippen LogP contribution is -2.43. The molecule has 0 aromatic heterocycles. The van der Waals surface area contributed by atoms with Crippen LogP contribution in [0.2, 0.25) is 0 Å². The number of carbonyl (C=O) groups is 1. The normalized spacial score (nSPS) is 17.2. The van der Waals surface area contributed by atoms with Crippen molar-refractivity contribution in [2.24, 2.45) is 0 Å². The quantitative estimate of drug-likeness (QED) is 0.923. The Balaban J connectivity index is 1.88. The summed E-state index contributed by atoms with van der Waals surface area (Å²) in [6.07, 6.45) is 0.887. The van der Waals surface area contributed by atoms with Gasteiger partial charge in [0.15, 0.2) is 0 Å². The molecule has 3 rings (SSSR count). The first kappa shape index (κ1) is 17.5. The topological polar surface area (TPSA) is 41.6 Å². The minimum atomic E-state index is -0.119. The molecule has 1 amide bonds. The first-order valence-electron chi connectivity index (χ1n) is 8.78. The van der Waals surface area contributed by atoms with E-state index in [1.54, 1.807) is 7.11 Å². The van der Waals surface area contributed by atoms with Crippen LogP contribution in [0.1, 0.15) is 53.0 Å². The van der Waals surface area contributed by atoms with Crippen molar-refractivity contribution >= 4 is 5.91 Å². The standard InChI is InChI=1S/C21H26N2O2/c1-14(2)16-9-10-18(19(13-16)25-4)21(24)22-20-17-8-6-5-7-15(17)11-12-23(20)3/h5-10,13-14,20H,11-12H2,1-4H3,(H,22,24). The van der Waals surface area contributed by atoms with Crippen LogP contribution >= 0.6 is 0 Å². The van der Waals surface area contributed by atoms with Crippen LogP contribution < -0.4 is 10.1 Å². The molecule has 25 heavy (non-hydrogen) atoms. The Morgan fingerprint density at radius 3 is 2.72 bits per heavy atom. The maximum Gasteiger partial charge on any atom is 0.256 e. The number of nitrogens with zero attached hydrogens (tertiary/aromatic N) is 1. The lowest BCUT2D eigenvalue weighted by molar-refractivity contribution is 0.0860. The SMILES string of the molecule is COc1cc(C(C)C)ccc1C(=O)NC1c2ccccc2CCN1C. The average Bonchev–Trinajstić information content (AvgIpc) is 2.63. The smallest absolute Gasteiger partial charge is 0.256 e. The predicted molar refractivity (Wildman–Crippen MR) is 100 cm³/mol. The third kappa shape index (κ3) is 3.54. The largest absolute Gasteiger partial charge is 0.496 e. The molecule has 1 N–H and O–H groups in total. The summed E-state index contributed by atoms with van der Waals surface area (Å²) in [5, 5.41) is 3.17. The third-order valence-electron chi connectivity index (χ3n) is 4.93. The Bertz CT molecular complexity index is 770. The number of hydrogen-bond acceptors (Lipinski definition) is 3. The van der Waals surface area contributed by atoms with Crippen molar-refractivity contribution < 1.29 is 9.53 Å². The van der Waals surface area contributed by atoms with Gasteiger partial charge in [-0.2, -0.15) is 0 Å². The molecule has 1 aliphatic heterocycles. The molecule has 1 aliphatic rings. The number of fused-ring (bicyclic) bond motifs is 1. The summed E-state index contributed by atoms with van der Waals surface area (Å²) >= 11 is 0. The fourth-order valence-electron chi connectivity index (χ4n) is 3.34. The number of carbonyl (C=O) groups excluding carboxylic acids is 1. The molecule has 4 nitrogen and oxygen atoms in total. The zero-order valence-corrected chi connectivity index (χ0v) is 15.4. The number of hydrogen-bond donors (Lipinski definition) is 1. The van der Waals surface area contributed by atoms with Crippen molar-refractivity contribution in [2.75, 3.05) is 20.7 Å². The fourth-order valence-corrected chi connectivity index (χ4v) is 3.34. The minimum Gasteiger partial charge on any atom is -0.496 e. The Labute approximate surface area is 149 Å². The van der Waals surface area contributed by atoms with Gasteiger partial charge in [-0.05, 0) is 48.2 Å². The van der Waals surface area contributed by atoms with Crippen molar-refractivity contribution in [2.45, 2.75) is 32.4 Å². The van der Waals surface area contributed by atoms with Gasteiger partial charge >= 0.3 is 0 Å². The van der Waals surface area contributed by atoms with Gasteiger partial charge in [0, 0.05) is 6.54 Å². The van der Waals surface area contributed by atoms with Crippen LogP contribution in [0, 0.1) is 0 Å². The van der Waals surface area contributed by atoms with E-state index < -0.39 is 0 Å². The molecule has 0 saturated heterocycles. The number of benzene rings is 2. The summed E-state index contributed by atoms with van der Waals surface area (Å²) in [4.78, 5) is 15.1. The molecule has 0 saturated carbocycles. The van der Waals surface area contributed by atoms with Crippen molar-refractivity contribution in [1.29, 1.82) is 0 Å². The van der Waals surface area contributed by atoms with Crippen molar-refractivity contribution in [3.05, 3.63) is 64.7 Å². The molecular formula is C21H26N2O2. The molecular weight excluding hydrogens is 312 g/mol. The van der Waals surface area contributed by atoms with E-state index in [9.17, 15) is 4.79 Å². The number of likely N-dealkylation sites (N-methyl/N-ethyl adjacent to an activating group) is 1. The van der Waals surface area contributed by atoms with Gasteiger partial charge in [0.25, 0.3) is 5.91 Å². The van der Waals surface area contributed by atoms with Gasteiger partial charge in [-0.15, -0.1) is 0 Å². The van der Waals surface area contributed by atoms with Gasteiger partial charge in [0.1, 0.15) is 11.9 Å². The van der Waals surface area contributed by atoms with E-state index in [1.807, 2.05) is 31.3 Å². The van der Waals surface area contributed by atoms with E-state index in [0.717, 1.165) is 18.5 Å². The van der Waals surface area contributed by atoms with E-state index >= 15 is 0 Å². The number of ether oxygens (including phenoxy) is 1. The van der Waals surface area contributed by atoms with Crippen LogP contribution in [0.5, 0.6) is 5.75 Å². The molecule has 2 aromatic carbocycles. The second kappa shape index (κ2) is 7.28. The van der Waals surface area contributed by atoms with Crippen molar-refractivity contribution in [1.82, 2.24) is 10.2 Å². The Hall–Kier alpha value is -2.33. The van der Waals surface area contributed by atoms with Gasteiger partial charge in [-0.25, -0.2) is 0 Å². The Morgan fingerprint density at radius 1 is 1.24 bits per heavy atom. The summed E-state index contributed by atoms with van der Waals surface area (Å²) in [5.41, 5.74) is 4.20. The van der Waals surface area contributed by atoms with Crippen LogP contribution in [-0.2, 0) is 6.42 Å². The van der Waals surface area contributed by atoms with E-state index in [4.69, 9.17) is 4.74 Å². The first-order valence-corrected chi connectivity index (χ1v) is 8.78. The predicted octanol–water partition coefficient (Wildman–Crippen LogP) is 3.74. The highest BCUT2D eigenvalue weighted by molar-refractivity contribution is 5.97. The van der Waals surface area contributed by atoms with E-state index in [-0.39, 0.29) is 12.1 Å². The van der Waals surface area contributed by atoms with E-state index in [2.05, 4.69) is 42.3 Å². The van der Waals surface area contributed by atoms with E-state index in [1.165, 1.54) is 11.1 Å². The monoisotopic (exact) mass is 338 g/mol. The summed E-state index contributed by atoms with van der Waals surface area (Å²) < 4.78 is 5.47. The molecule has 1 atom stereocenters. The van der Waals surface area contributed by atoms with Crippen LogP contribution in [0.4, 0.5) is 0 Å². The number of nitrogens with one attached hydrogen (secondary N) is 1. The molecule has 0 radical (unpaired) electrons. The zero-order chi connectivity index (χ0) is 18.0. The molecule has 2 aromatic rings. The third-order valence-corrected chi connectivity index (χ3v) is 4.93. The molecule has 0 fully saturated rings. The minimum absolute atomic E-state index is 0.110. The van der Waals surface area contributed by atoms with E-state index in [0.29, 0.717) is 17.2 Å². The molecule has 4 heteroatoms. The lowest BCUT2D eigenvalue weighted by Gasteiger charge is -2.35. The molecule has 0 bridgehead atoms. The van der Waals surface area contributed by atoms with Crippen LogP contribution in [-0.4, -0.2) is 31.5 Å². The van der Waals surface area contributed by atoms with Gasteiger partial charge in [-0.3, -0.25) is 9.69 Å². The van der Waals surface area contributed by atoms with Crippen LogP contribution in [0.3, 0.4) is 0 Å². The Morgan fingerprint density at radius 2 is 2.00 bits per heavy atom. The van der Waals surface area contributed by atoms with Crippen LogP contribution in [0.25, 0.3) is 0 Å². The molecule has 0 spiro atoms. The number of rotatable bonds is 4. The second-order valence-corrected chi connectivity index (χ2v) is 6.92. The summed E-state index contributed by atoms with van der Waals surface area (Å²) in [7, 11) is 3.65. The highest BCUT2D eigenvalue weighted by Crippen LogP contribution is 2.29. The van der Waals surface area contributed by atoms with Gasteiger partial charge in [-0.1, -0.05) is 44.2 Å². The van der Waals surface area contributed by atoms with Crippen molar-refractivity contribution in [3.8, 4) is 5.75 Å². The second-order valence-electron chi connectivity index (χ2n) is 6.92. The number of methoxy groups -OCH3 is 1. The highest BCUT2D eigenvalue weighted by Gasteiger charge is 2.27. The molecule has 132 valence electrons. The highest BCUT2D eigenvalue weighted by atomic mass is 16.5. The first-order chi connectivity index (χ1) is 12.0. The van der Waals surface area contributed by atoms with Crippen LogP contribution in [0.15, 0.2) is 42.5 Å². The average molecular weight is 338 g/mol. The van der Waals surface area contributed by atoms with Gasteiger partial charge < -0.3 is 10.1 Å². The molecule has 1 heterocycles. The number of amides is 1. The lowest BCUT2D eigenvalue weighted by atomic mass is 9.96. The fraction of sp³-hybridized carbons (Fsp3) is 0.381. The van der Waals surface area contributed by atoms with Crippen molar-refractivity contribution in [3.63, 3.8) is 0 Å². The van der Waals surface area contributed by atoms with Gasteiger partial charge in [0.2, 0.25) is 0 Å². The van der Waals surface area contributed by atoms with Gasteiger partial charge in [0.05, 0.1) is 12.7 Å². The molecule has 1 unspecified atom stereocenters. The maximum atomic E-state index is 12.9. The summed E-state index contributed by atoms with van der Waals surface area (Å²) in [6.45, 7) is 5.18. The molecule has 0 aliphatic carbocycles. The Kier molecular flexibility index (Phi) is 5.09. The maximum absolute atomic E-state index is 12.9. The summed E-state index contributed by atoms with van der Waals surface area (Å²) in [5.74, 6) is 0.901. The zero-order valence-electron chi connectivity index (χ0n) is 15.4.